The Labute approximate surface area is 136 Å². The van der Waals surface area contributed by atoms with Crippen molar-refractivity contribution >= 4 is 11.6 Å². The quantitative estimate of drug-likeness (QED) is 0.274. The molecule has 0 saturated carbocycles. The van der Waals surface area contributed by atoms with Gasteiger partial charge in [0.1, 0.15) is 0 Å². The van der Waals surface area contributed by atoms with Crippen molar-refractivity contribution in [2.45, 2.75) is 0 Å². The Hall–Kier alpha value is 1.82. The maximum absolute atomic E-state index is 10.3. The first-order chi connectivity index (χ1) is 3.79. The van der Waals surface area contributed by atoms with E-state index < -0.39 is 0 Å². The SMILES string of the molecule is O=C1C=CC(=O)C=C1.[H-].[H-].[H-].[Na+].[Na+].[Na+]. The van der Waals surface area contributed by atoms with Crippen molar-refractivity contribution in [1.29, 1.82) is 0 Å². The van der Waals surface area contributed by atoms with Gasteiger partial charge in [-0.25, -0.2) is 0 Å². The summed E-state index contributed by atoms with van der Waals surface area (Å²) in [5.41, 5.74) is 0. The van der Waals surface area contributed by atoms with E-state index in [2.05, 4.69) is 0 Å². The van der Waals surface area contributed by atoms with E-state index in [1.54, 1.807) is 0 Å². The number of allylic oxidation sites excluding steroid dienone is 4. The van der Waals surface area contributed by atoms with E-state index in [-0.39, 0.29) is 105 Å². The molecule has 0 aromatic carbocycles. The molecule has 0 fully saturated rings. The Morgan fingerprint density at radius 1 is 0.727 bits per heavy atom. The van der Waals surface area contributed by atoms with Crippen LogP contribution in [0.3, 0.4) is 0 Å². The third-order valence-corrected chi connectivity index (χ3v) is 0.824. The topological polar surface area (TPSA) is 34.1 Å². The monoisotopic (exact) mass is 180 g/mol. The fourth-order valence-electron chi connectivity index (χ4n) is 0.440. The van der Waals surface area contributed by atoms with Gasteiger partial charge in [-0.2, -0.15) is 0 Å². The summed E-state index contributed by atoms with van der Waals surface area (Å²) >= 11 is 0. The number of ketones is 2. The average Bonchev–Trinajstić information content (AvgIpc) is 1.77. The number of hydrogen-bond acceptors (Lipinski definition) is 2. The third kappa shape index (κ3) is 8.16. The summed E-state index contributed by atoms with van der Waals surface area (Å²) in [6.45, 7) is 0. The standard InChI is InChI=1S/C6H4O2.3Na.3H/c7-5-1-2-6(8)4-3-5;;;;;;/h1-4H;;;;;;/q;3*+1;3*-1. The summed E-state index contributed by atoms with van der Waals surface area (Å²) < 4.78 is 0. The minimum Gasteiger partial charge on any atom is -1.00 e. The molecule has 11 heavy (non-hydrogen) atoms. The molecular formula is C6H7Na3O2. The molecule has 2 nitrogen and oxygen atoms in total. The number of carbonyl (C=O) groups excluding carboxylic acids is 2. The molecule has 0 heterocycles. The van der Waals surface area contributed by atoms with Crippen LogP contribution in [0.4, 0.5) is 0 Å². The van der Waals surface area contributed by atoms with Crippen LogP contribution in [0, 0.1) is 0 Å². The number of carbonyl (C=O) groups is 2. The van der Waals surface area contributed by atoms with Crippen molar-refractivity contribution < 1.29 is 103 Å². The molecule has 0 aliphatic heterocycles. The average molecular weight is 180 g/mol. The van der Waals surface area contributed by atoms with E-state index in [0.717, 1.165) is 0 Å². The zero-order valence-electron chi connectivity index (χ0n) is 10.1. The second kappa shape index (κ2) is 9.90. The fourth-order valence-corrected chi connectivity index (χ4v) is 0.440. The Kier molecular flexibility index (Phi) is 16.7. The van der Waals surface area contributed by atoms with Gasteiger partial charge in [-0.1, -0.05) is 0 Å². The van der Waals surface area contributed by atoms with Crippen LogP contribution in [0.2, 0.25) is 0 Å². The van der Waals surface area contributed by atoms with Crippen LogP contribution in [-0.2, 0) is 9.59 Å². The zero-order chi connectivity index (χ0) is 5.98. The Morgan fingerprint density at radius 2 is 0.909 bits per heavy atom. The Balaban J connectivity index is -0.0000000267. The summed E-state index contributed by atoms with van der Waals surface area (Å²) in [5, 5.41) is 0. The van der Waals surface area contributed by atoms with Crippen molar-refractivity contribution in [2.75, 3.05) is 0 Å². The molecule has 0 atom stereocenters. The van der Waals surface area contributed by atoms with Gasteiger partial charge < -0.3 is 4.28 Å². The summed E-state index contributed by atoms with van der Waals surface area (Å²) in [5.74, 6) is -0.241. The van der Waals surface area contributed by atoms with Crippen molar-refractivity contribution in [1.82, 2.24) is 0 Å². The maximum atomic E-state index is 10.3. The van der Waals surface area contributed by atoms with Gasteiger partial charge in [0.05, 0.1) is 0 Å². The molecule has 0 saturated heterocycles. The molecule has 1 aliphatic carbocycles. The molecule has 0 spiro atoms. The first kappa shape index (κ1) is 18.6. The van der Waals surface area contributed by atoms with Crippen LogP contribution in [0.5, 0.6) is 0 Å². The summed E-state index contributed by atoms with van der Waals surface area (Å²) in [4.78, 5) is 20.6. The van der Waals surface area contributed by atoms with Crippen LogP contribution in [-0.4, -0.2) is 11.6 Å². The van der Waals surface area contributed by atoms with Crippen molar-refractivity contribution in [2.24, 2.45) is 0 Å². The molecule has 5 heteroatoms. The normalized spacial score (nSPS) is 12.7. The Morgan fingerprint density at radius 3 is 1.09 bits per heavy atom. The van der Waals surface area contributed by atoms with E-state index in [1.807, 2.05) is 0 Å². The van der Waals surface area contributed by atoms with Gasteiger partial charge in [-0.05, 0) is 24.3 Å². The molecule has 0 N–H and O–H groups in total. The molecule has 0 bridgehead atoms. The molecule has 1 rings (SSSR count). The van der Waals surface area contributed by atoms with E-state index in [1.165, 1.54) is 24.3 Å². The molecule has 0 aromatic rings. The fraction of sp³-hybridized carbons (Fsp3) is 0. The van der Waals surface area contributed by atoms with Gasteiger partial charge in [-0.3, -0.25) is 9.59 Å². The van der Waals surface area contributed by atoms with Gasteiger partial charge in [-0.15, -0.1) is 0 Å². The second-order valence-electron chi connectivity index (χ2n) is 1.47. The molecule has 1 aliphatic rings. The third-order valence-electron chi connectivity index (χ3n) is 0.824. The minimum atomic E-state index is -0.121. The van der Waals surface area contributed by atoms with Gasteiger partial charge in [0.15, 0.2) is 11.6 Å². The van der Waals surface area contributed by atoms with Crippen LogP contribution >= 0.6 is 0 Å². The van der Waals surface area contributed by atoms with E-state index >= 15 is 0 Å². The van der Waals surface area contributed by atoms with Crippen LogP contribution in [0.1, 0.15) is 4.28 Å². The largest absolute Gasteiger partial charge is 1.00 e. The molecule has 46 valence electrons. The van der Waals surface area contributed by atoms with Crippen LogP contribution in [0.15, 0.2) is 24.3 Å². The van der Waals surface area contributed by atoms with Gasteiger partial charge >= 0.3 is 88.7 Å². The van der Waals surface area contributed by atoms with Gasteiger partial charge in [0.25, 0.3) is 0 Å². The van der Waals surface area contributed by atoms with E-state index in [0.29, 0.717) is 0 Å². The van der Waals surface area contributed by atoms with Gasteiger partial charge in [0.2, 0.25) is 0 Å². The van der Waals surface area contributed by atoms with Crippen molar-refractivity contribution in [3.8, 4) is 0 Å². The Bertz CT molecular complexity index is 168. The first-order valence-electron chi connectivity index (χ1n) is 2.23. The van der Waals surface area contributed by atoms with Crippen LogP contribution in [0.25, 0.3) is 0 Å². The first-order valence-corrected chi connectivity index (χ1v) is 2.23. The zero-order valence-corrected chi connectivity index (χ0v) is 13.1. The van der Waals surface area contributed by atoms with Crippen molar-refractivity contribution in [3.05, 3.63) is 24.3 Å². The summed E-state index contributed by atoms with van der Waals surface area (Å²) in [6.07, 6.45) is 5.01. The molecule has 0 amide bonds. The summed E-state index contributed by atoms with van der Waals surface area (Å²) in [7, 11) is 0. The minimum absolute atomic E-state index is 0. The predicted molar refractivity (Wildman–Crippen MR) is 31.6 cm³/mol. The van der Waals surface area contributed by atoms with Crippen LogP contribution < -0.4 is 88.7 Å². The van der Waals surface area contributed by atoms with E-state index in [9.17, 15) is 9.59 Å². The van der Waals surface area contributed by atoms with E-state index in [4.69, 9.17) is 0 Å². The molecule has 0 unspecified atom stereocenters. The number of hydrogen-bond donors (Lipinski definition) is 0. The molecule has 0 radical (unpaired) electrons. The predicted octanol–water partition coefficient (Wildman–Crippen LogP) is -8.40. The van der Waals surface area contributed by atoms with Crippen molar-refractivity contribution in [3.63, 3.8) is 0 Å². The molecule has 0 aromatic heterocycles. The number of rotatable bonds is 0. The van der Waals surface area contributed by atoms with Gasteiger partial charge in [0, 0.05) is 0 Å². The summed E-state index contributed by atoms with van der Waals surface area (Å²) in [6, 6.07) is 0. The second-order valence-corrected chi connectivity index (χ2v) is 1.47. The maximum Gasteiger partial charge on any atom is 1.00 e. The smallest absolute Gasteiger partial charge is 1.00 e. The molecular weight excluding hydrogens is 173 g/mol.